The van der Waals surface area contributed by atoms with Crippen LogP contribution in [-0.4, -0.2) is 41.7 Å². The van der Waals surface area contributed by atoms with Crippen LogP contribution in [0.5, 0.6) is 5.75 Å². The summed E-state index contributed by atoms with van der Waals surface area (Å²) in [5.41, 5.74) is 5.51. The second kappa shape index (κ2) is 7.50. The van der Waals surface area contributed by atoms with Gasteiger partial charge in [-0.15, -0.1) is 0 Å². The van der Waals surface area contributed by atoms with Gasteiger partial charge >= 0.3 is 0 Å². The molecule has 0 heterocycles. The largest absolute Gasteiger partial charge is 0.492 e. The number of nitrogens with two attached hydrogens (primary N) is 1. The predicted molar refractivity (Wildman–Crippen MR) is 82.3 cm³/mol. The Balaban J connectivity index is 1.73. The van der Waals surface area contributed by atoms with Crippen molar-refractivity contribution in [1.29, 1.82) is 0 Å². The van der Waals surface area contributed by atoms with E-state index in [0.717, 1.165) is 23.3 Å². The molecule has 0 atom stereocenters. The van der Waals surface area contributed by atoms with E-state index in [1.807, 2.05) is 24.3 Å². The fourth-order valence-electron chi connectivity index (χ4n) is 2.04. The van der Waals surface area contributed by atoms with E-state index in [9.17, 15) is 0 Å². The van der Waals surface area contributed by atoms with Crippen molar-refractivity contribution >= 4 is 21.8 Å². The van der Waals surface area contributed by atoms with E-state index < -0.39 is 0 Å². The third kappa shape index (κ3) is 5.02. The van der Waals surface area contributed by atoms with Crippen LogP contribution in [0.25, 0.3) is 0 Å². The van der Waals surface area contributed by atoms with Gasteiger partial charge in [0.15, 0.2) is 0 Å². The molecular weight excluding hydrogens is 322 g/mol. The third-order valence-corrected chi connectivity index (χ3v) is 3.84. The monoisotopic (exact) mass is 341 g/mol. The van der Waals surface area contributed by atoms with Gasteiger partial charge < -0.3 is 15.7 Å². The normalized spacial score (nSPS) is 15.6. The minimum Gasteiger partial charge on any atom is -0.492 e. The Morgan fingerprint density at radius 1 is 1.35 bits per heavy atom. The van der Waals surface area contributed by atoms with Crippen molar-refractivity contribution in [3.63, 3.8) is 0 Å². The minimum absolute atomic E-state index is 0.282. The van der Waals surface area contributed by atoms with Gasteiger partial charge in [-0.3, -0.25) is 4.90 Å². The van der Waals surface area contributed by atoms with E-state index >= 15 is 0 Å². The topological polar surface area (TPSA) is 71.1 Å². The number of benzene rings is 1. The molecule has 1 aromatic carbocycles. The number of nitrogens with zero attached hydrogens (tertiary/aromatic N) is 2. The van der Waals surface area contributed by atoms with Crippen LogP contribution < -0.4 is 10.5 Å². The Hall–Kier alpha value is -1.27. The molecule has 1 aromatic rings. The van der Waals surface area contributed by atoms with Crippen LogP contribution in [0.15, 0.2) is 33.9 Å². The summed E-state index contributed by atoms with van der Waals surface area (Å²) in [5.74, 6) is 1.16. The number of hydrogen-bond donors (Lipinski definition) is 2. The van der Waals surface area contributed by atoms with Crippen molar-refractivity contribution in [2.45, 2.75) is 25.3 Å². The Morgan fingerprint density at radius 2 is 2.05 bits per heavy atom. The summed E-state index contributed by atoms with van der Waals surface area (Å²) in [7, 11) is 0. The Kier molecular flexibility index (Phi) is 5.67. The predicted octanol–water partition coefficient (Wildman–Crippen LogP) is 2.43. The smallest absolute Gasteiger partial charge is 0.140 e. The van der Waals surface area contributed by atoms with E-state index in [1.54, 1.807) is 0 Å². The average Bonchev–Trinajstić information content (AvgIpc) is 3.28. The van der Waals surface area contributed by atoms with Crippen molar-refractivity contribution in [3.05, 3.63) is 28.7 Å². The van der Waals surface area contributed by atoms with Crippen molar-refractivity contribution in [1.82, 2.24) is 4.90 Å². The van der Waals surface area contributed by atoms with Crippen molar-refractivity contribution in [2.24, 2.45) is 10.9 Å². The van der Waals surface area contributed by atoms with Crippen LogP contribution in [0.2, 0.25) is 0 Å². The molecule has 0 bridgehead atoms. The minimum atomic E-state index is 0.282. The van der Waals surface area contributed by atoms with Crippen molar-refractivity contribution in [2.75, 3.05) is 19.7 Å². The molecule has 110 valence electrons. The first kappa shape index (κ1) is 15.1. The van der Waals surface area contributed by atoms with Gasteiger partial charge in [-0.2, -0.15) is 0 Å². The molecule has 0 radical (unpaired) electrons. The maximum atomic E-state index is 8.56. The van der Waals surface area contributed by atoms with E-state index in [1.165, 1.54) is 12.8 Å². The fraction of sp³-hybridized carbons (Fsp3) is 0.500. The molecule has 2 rings (SSSR count). The number of amidine groups is 1. The highest BCUT2D eigenvalue weighted by atomic mass is 79.9. The van der Waals surface area contributed by atoms with Gasteiger partial charge in [-0.05, 0) is 37.1 Å². The molecule has 1 aliphatic carbocycles. The molecule has 0 aromatic heterocycles. The van der Waals surface area contributed by atoms with Gasteiger partial charge in [0.25, 0.3) is 0 Å². The quantitative estimate of drug-likeness (QED) is 0.329. The Labute approximate surface area is 127 Å². The summed E-state index contributed by atoms with van der Waals surface area (Å²) in [6.45, 7) is 2.32. The van der Waals surface area contributed by atoms with E-state index in [2.05, 4.69) is 26.0 Å². The lowest BCUT2D eigenvalue weighted by Gasteiger charge is -2.21. The number of hydrogen-bond acceptors (Lipinski definition) is 4. The van der Waals surface area contributed by atoms with Gasteiger partial charge in [-0.25, -0.2) is 0 Å². The zero-order chi connectivity index (χ0) is 14.4. The van der Waals surface area contributed by atoms with Crippen LogP contribution in [0.4, 0.5) is 0 Å². The second-order valence-electron chi connectivity index (χ2n) is 4.91. The molecule has 20 heavy (non-hydrogen) atoms. The molecular formula is C14H20BrN3O2. The third-order valence-electron chi connectivity index (χ3n) is 3.31. The van der Waals surface area contributed by atoms with Gasteiger partial charge in [0.05, 0.1) is 0 Å². The van der Waals surface area contributed by atoms with Gasteiger partial charge in [0.2, 0.25) is 0 Å². The lowest BCUT2D eigenvalue weighted by Crippen LogP contribution is -2.33. The molecule has 1 saturated carbocycles. The van der Waals surface area contributed by atoms with E-state index in [4.69, 9.17) is 15.7 Å². The molecule has 0 unspecified atom stereocenters. The zero-order valence-electron chi connectivity index (χ0n) is 11.3. The van der Waals surface area contributed by atoms with Gasteiger partial charge in [0.1, 0.15) is 18.2 Å². The highest BCUT2D eigenvalue weighted by Gasteiger charge is 2.28. The summed E-state index contributed by atoms with van der Waals surface area (Å²) in [5, 5.41) is 11.6. The molecule has 0 amide bonds. The SMILES string of the molecule is NC(CCN(CCOc1ccc(Br)cc1)C1CC1)=NO. The first-order chi connectivity index (χ1) is 9.69. The Morgan fingerprint density at radius 3 is 2.65 bits per heavy atom. The van der Waals surface area contributed by atoms with Crippen LogP contribution in [0.1, 0.15) is 19.3 Å². The number of halogens is 1. The number of rotatable bonds is 8. The second-order valence-corrected chi connectivity index (χ2v) is 5.83. The van der Waals surface area contributed by atoms with Crippen LogP contribution in [0.3, 0.4) is 0 Å². The van der Waals surface area contributed by atoms with E-state index in [0.29, 0.717) is 19.1 Å². The molecule has 1 fully saturated rings. The molecule has 0 saturated heterocycles. The van der Waals surface area contributed by atoms with Gasteiger partial charge in [-0.1, -0.05) is 21.1 Å². The molecule has 5 nitrogen and oxygen atoms in total. The first-order valence-electron chi connectivity index (χ1n) is 6.78. The molecule has 3 N–H and O–H groups in total. The number of oxime groups is 1. The summed E-state index contributed by atoms with van der Waals surface area (Å²) >= 11 is 3.40. The van der Waals surface area contributed by atoms with Crippen LogP contribution >= 0.6 is 15.9 Å². The standard InChI is InChI=1S/C14H20BrN3O2/c15-11-1-5-13(6-2-11)20-10-9-18(12-3-4-12)8-7-14(16)17-19/h1-2,5-6,12,19H,3-4,7-10H2,(H2,16,17). The van der Waals surface area contributed by atoms with Gasteiger partial charge in [0, 0.05) is 30.0 Å². The molecule has 0 aliphatic heterocycles. The maximum Gasteiger partial charge on any atom is 0.140 e. The highest BCUT2D eigenvalue weighted by molar-refractivity contribution is 9.10. The average molecular weight is 342 g/mol. The molecule has 0 spiro atoms. The summed E-state index contributed by atoms with van der Waals surface area (Å²) in [4.78, 5) is 2.34. The lowest BCUT2D eigenvalue weighted by atomic mass is 10.3. The summed E-state index contributed by atoms with van der Waals surface area (Å²) in [6, 6.07) is 8.46. The Bertz CT molecular complexity index is 446. The maximum absolute atomic E-state index is 8.56. The lowest BCUT2D eigenvalue weighted by molar-refractivity contribution is 0.205. The van der Waals surface area contributed by atoms with Crippen LogP contribution in [0, 0.1) is 0 Å². The van der Waals surface area contributed by atoms with E-state index in [-0.39, 0.29) is 5.84 Å². The van der Waals surface area contributed by atoms with Crippen molar-refractivity contribution < 1.29 is 9.94 Å². The first-order valence-corrected chi connectivity index (χ1v) is 7.57. The summed E-state index contributed by atoms with van der Waals surface area (Å²) < 4.78 is 6.77. The summed E-state index contributed by atoms with van der Waals surface area (Å²) in [6.07, 6.45) is 3.05. The highest BCUT2D eigenvalue weighted by Crippen LogP contribution is 2.26. The van der Waals surface area contributed by atoms with Crippen molar-refractivity contribution in [3.8, 4) is 5.75 Å². The zero-order valence-corrected chi connectivity index (χ0v) is 12.9. The molecule has 6 heteroatoms. The fourth-order valence-corrected chi connectivity index (χ4v) is 2.30. The van der Waals surface area contributed by atoms with Crippen LogP contribution in [-0.2, 0) is 0 Å². The molecule has 1 aliphatic rings. The number of ether oxygens (including phenoxy) is 1.